The number of aryl methyl sites for hydroxylation is 2. The van der Waals surface area contributed by atoms with Gasteiger partial charge in [-0.25, -0.2) is 12.7 Å². The molecule has 0 aliphatic heterocycles. The van der Waals surface area contributed by atoms with Crippen molar-refractivity contribution in [1.29, 1.82) is 0 Å². The number of sulfonamides is 1. The molecule has 0 bridgehead atoms. The first-order valence-electron chi connectivity index (χ1n) is 7.00. The van der Waals surface area contributed by atoms with Crippen molar-refractivity contribution < 1.29 is 8.42 Å². The van der Waals surface area contributed by atoms with Crippen molar-refractivity contribution in [2.24, 2.45) is 0 Å². The Morgan fingerprint density at radius 1 is 1.32 bits per heavy atom. The lowest BCUT2D eigenvalue weighted by molar-refractivity contribution is 0.520. The van der Waals surface area contributed by atoms with Crippen LogP contribution in [0, 0.1) is 6.92 Å². The van der Waals surface area contributed by atoms with Gasteiger partial charge in [0.1, 0.15) is 5.69 Å². The molecule has 0 unspecified atom stereocenters. The molecule has 2 aromatic rings. The molecule has 0 atom stereocenters. The molecule has 22 heavy (non-hydrogen) atoms. The quantitative estimate of drug-likeness (QED) is 0.871. The van der Waals surface area contributed by atoms with Crippen LogP contribution in [0.3, 0.4) is 0 Å². The fourth-order valence-corrected chi connectivity index (χ4v) is 3.10. The van der Waals surface area contributed by atoms with E-state index in [9.17, 15) is 8.42 Å². The summed E-state index contributed by atoms with van der Waals surface area (Å²) in [7, 11) is -0.360. The fourth-order valence-electron chi connectivity index (χ4n) is 2.00. The molecule has 1 aromatic heterocycles. The topological polar surface area (TPSA) is 80.1 Å². The number of hydrogen-bond acceptors (Lipinski definition) is 5. The zero-order valence-corrected chi connectivity index (χ0v) is 14.1. The lowest BCUT2D eigenvalue weighted by Gasteiger charge is -2.14. The summed E-state index contributed by atoms with van der Waals surface area (Å²) in [6.07, 6.45) is 1.72. The summed E-state index contributed by atoms with van der Waals surface area (Å²) >= 11 is 0. The van der Waals surface area contributed by atoms with Crippen molar-refractivity contribution in [2.45, 2.75) is 31.8 Å². The molecule has 0 radical (unpaired) electrons. The Morgan fingerprint density at radius 2 is 2.05 bits per heavy atom. The van der Waals surface area contributed by atoms with Crippen LogP contribution in [-0.4, -0.2) is 41.8 Å². The van der Waals surface area contributed by atoms with Crippen LogP contribution in [0.4, 0.5) is 5.69 Å². The third-order valence-electron chi connectivity index (χ3n) is 3.27. The maximum absolute atomic E-state index is 12.2. The smallest absolute Gasteiger partial charge is 0.242 e. The molecule has 1 aromatic carbocycles. The highest BCUT2D eigenvalue weighted by atomic mass is 32.2. The van der Waals surface area contributed by atoms with Crippen LogP contribution in [0.1, 0.15) is 18.2 Å². The van der Waals surface area contributed by atoms with E-state index in [4.69, 9.17) is 0 Å². The molecule has 120 valence electrons. The average Bonchev–Trinajstić information content (AvgIpc) is 2.92. The first kappa shape index (κ1) is 16.4. The Morgan fingerprint density at radius 3 is 2.59 bits per heavy atom. The number of rotatable bonds is 6. The third kappa shape index (κ3) is 3.45. The van der Waals surface area contributed by atoms with Crippen molar-refractivity contribution in [3.8, 4) is 0 Å². The van der Waals surface area contributed by atoms with E-state index < -0.39 is 10.0 Å². The minimum Gasteiger partial charge on any atom is -0.379 e. The Hall–Kier alpha value is -1.93. The molecule has 1 heterocycles. The van der Waals surface area contributed by atoms with E-state index in [1.54, 1.807) is 30.0 Å². The molecule has 0 spiro atoms. The van der Waals surface area contributed by atoms with E-state index in [0.717, 1.165) is 17.9 Å². The second-order valence-corrected chi connectivity index (χ2v) is 7.27. The number of nitrogens with one attached hydrogen (secondary N) is 1. The van der Waals surface area contributed by atoms with Crippen LogP contribution in [0.2, 0.25) is 0 Å². The summed E-state index contributed by atoms with van der Waals surface area (Å²) < 4.78 is 25.5. The van der Waals surface area contributed by atoms with Gasteiger partial charge in [-0.15, -0.1) is 0 Å². The Bertz CT molecular complexity index is 752. The van der Waals surface area contributed by atoms with Gasteiger partial charge < -0.3 is 5.32 Å². The summed E-state index contributed by atoms with van der Waals surface area (Å²) in [4.78, 5) is 1.94. The normalized spacial score (nSPS) is 11.9. The molecule has 0 aliphatic rings. The highest BCUT2D eigenvalue weighted by molar-refractivity contribution is 7.89. The van der Waals surface area contributed by atoms with Gasteiger partial charge in [0.15, 0.2) is 0 Å². The molecule has 7 nitrogen and oxygen atoms in total. The number of aromatic nitrogens is 3. The van der Waals surface area contributed by atoms with Crippen LogP contribution in [0.15, 0.2) is 29.3 Å². The number of benzene rings is 1. The van der Waals surface area contributed by atoms with Crippen molar-refractivity contribution in [3.63, 3.8) is 0 Å². The van der Waals surface area contributed by atoms with Crippen LogP contribution in [0.25, 0.3) is 0 Å². The highest BCUT2D eigenvalue weighted by Crippen LogP contribution is 2.22. The van der Waals surface area contributed by atoms with Gasteiger partial charge in [-0.05, 0) is 37.6 Å². The van der Waals surface area contributed by atoms with Crippen LogP contribution in [0.5, 0.6) is 0 Å². The summed E-state index contributed by atoms with van der Waals surface area (Å²) in [5.74, 6) is 0. The standard InChI is InChI=1S/C14H21N5O2S/c1-5-19-16-10-13(17-19)9-15-12-6-7-14(11(2)8-12)22(20,21)18(3)4/h6-8,10,15H,5,9H2,1-4H3. The monoisotopic (exact) mass is 323 g/mol. The molecular formula is C14H21N5O2S. The summed E-state index contributed by atoms with van der Waals surface area (Å²) in [6.45, 7) is 5.04. The van der Waals surface area contributed by atoms with E-state index >= 15 is 0 Å². The molecule has 0 amide bonds. The number of anilines is 1. The Kier molecular flexibility index (Phi) is 4.82. The molecule has 1 N–H and O–H groups in total. The minimum atomic E-state index is -3.41. The molecule has 0 saturated heterocycles. The van der Waals surface area contributed by atoms with Gasteiger partial charge in [0.2, 0.25) is 10.0 Å². The molecule has 0 fully saturated rings. The first-order chi connectivity index (χ1) is 10.3. The zero-order chi connectivity index (χ0) is 16.3. The summed E-state index contributed by atoms with van der Waals surface area (Å²) in [5, 5.41) is 11.6. The SMILES string of the molecule is CCn1ncc(CNc2ccc(S(=O)(=O)N(C)C)c(C)c2)n1. The van der Waals surface area contributed by atoms with Crippen molar-refractivity contribution in [2.75, 3.05) is 19.4 Å². The van der Waals surface area contributed by atoms with Gasteiger partial charge >= 0.3 is 0 Å². The predicted molar refractivity (Wildman–Crippen MR) is 85.1 cm³/mol. The lowest BCUT2D eigenvalue weighted by Crippen LogP contribution is -2.23. The van der Waals surface area contributed by atoms with E-state index in [0.29, 0.717) is 17.0 Å². The second kappa shape index (κ2) is 6.45. The van der Waals surface area contributed by atoms with E-state index in [2.05, 4.69) is 15.5 Å². The average molecular weight is 323 g/mol. The molecule has 0 aliphatic carbocycles. The van der Waals surface area contributed by atoms with Gasteiger partial charge in [-0.1, -0.05) is 0 Å². The molecule has 8 heteroatoms. The van der Waals surface area contributed by atoms with E-state index in [1.165, 1.54) is 18.4 Å². The van der Waals surface area contributed by atoms with Crippen molar-refractivity contribution >= 4 is 15.7 Å². The van der Waals surface area contributed by atoms with Gasteiger partial charge in [0.05, 0.1) is 24.2 Å². The Labute approximate surface area is 131 Å². The van der Waals surface area contributed by atoms with Gasteiger partial charge in [0.25, 0.3) is 0 Å². The van der Waals surface area contributed by atoms with E-state index in [-0.39, 0.29) is 0 Å². The first-order valence-corrected chi connectivity index (χ1v) is 8.44. The second-order valence-electron chi connectivity index (χ2n) is 5.15. The summed E-state index contributed by atoms with van der Waals surface area (Å²) in [5.41, 5.74) is 2.39. The fraction of sp³-hybridized carbons (Fsp3) is 0.429. The van der Waals surface area contributed by atoms with Crippen molar-refractivity contribution in [1.82, 2.24) is 19.3 Å². The summed E-state index contributed by atoms with van der Waals surface area (Å²) in [6, 6.07) is 5.20. The molecular weight excluding hydrogens is 302 g/mol. The zero-order valence-electron chi connectivity index (χ0n) is 13.2. The molecule has 0 saturated carbocycles. The number of nitrogens with zero attached hydrogens (tertiary/aromatic N) is 4. The lowest BCUT2D eigenvalue weighted by atomic mass is 10.2. The van der Waals surface area contributed by atoms with E-state index in [1.807, 2.05) is 13.0 Å². The number of hydrogen-bond donors (Lipinski definition) is 1. The maximum Gasteiger partial charge on any atom is 0.242 e. The largest absolute Gasteiger partial charge is 0.379 e. The van der Waals surface area contributed by atoms with Gasteiger partial charge in [-0.2, -0.15) is 15.0 Å². The van der Waals surface area contributed by atoms with Crippen LogP contribution < -0.4 is 5.32 Å². The van der Waals surface area contributed by atoms with Crippen LogP contribution in [-0.2, 0) is 23.1 Å². The maximum atomic E-state index is 12.2. The van der Waals surface area contributed by atoms with Gasteiger partial charge in [0, 0.05) is 19.8 Å². The third-order valence-corrected chi connectivity index (χ3v) is 5.25. The highest BCUT2D eigenvalue weighted by Gasteiger charge is 2.19. The molecule has 2 rings (SSSR count). The van der Waals surface area contributed by atoms with Crippen LogP contribution >= 0.6 is 0 Å². The minimum absolute atomic E-state index is 0.319. The van der Waals surface area contributed by atoms with Crippen molar-refractivity contribution in [3.05, 3.63) is 35.7 Å². The Balaban J connectivity index is 2.13. The predicted octanol–water partition coefficient (Wildman–Crippen LogP) is 1.47. The van der Waals surface area contributed by atoms with Gasteiger partial charge in [-0.3, -0.25) is 0 Å².